The third kappa shape index (κ3) is 1.91. The Morgan fingerprint density at radius 1 is 1.47 bits per heavy atom. The van der Waals surface area contributed by atoms with Crippen LogP contribution in [-0.4, -0.2) is 35.3 Å². The third-order valence-electron chi connectivity index (χ3n) is 3.85. The lowest BCUT2D eigenvalue weighted by molar-refractivity contribution is -0.141. The van der Waals surface area contributed by atoms with Gasteiger partial charge in [-0.15, -0.1) is 0 Å². The van der Waals surface area contributed by atoms with Crippen LogP contribution >= 0.6 is 0 Å². The molecule has 0 bridgehead atoms. The number of hydrogen-bond donors (Lipinski definition) is 3. The number of nitrogens with two attached hydrogens (primary N) is 1. The zero-order chi connectivity index (χ0) is 13.5. The van der Waals surface area contributed by atoms with Crippen LogP contribution in [-0.2, 0) is 14.9 Å². The van der Waals surface area contributed by atoms with E-state index in [1.54, 1.807) is 0 Å². The predicted octanol–water partition coefficient (Wildman–Crippen LogP) is 1.24. The number of hydrogen-bond acceptors (Lipinski definition) is 3. The van der Waals surface area contributed by atoms with E-state index in [0.29, 0.717) is 19.6 Å². The van der Waals surface area contributed by atoms with Crippen molar-refractivity contribution in [2.75, 3.05) is 13.2 Å². The molecule has 5 heteroatoms. The summed E-state index contributed by atoms with van der Waals surface area (Å²) in [6.07, 6.45) is 2.34. The van der Waals surface area contributed by atoms with Gasteiger partial charge in [-0.2, -0.15) is 0 Å². The summed E-state index contributed by atoms with van der Waals surface area (Å²) >= 11 is 0. The first-order valence-corrected chi connectivity index (χ1v) is 6.25. The quantitative estimate of drug-likeness (QED) is 0.771. The maximum Gasteiger partial charge on any atom is 0.320 e. The van der Waals surface area contributed by atoms with E-state index in [2.05, 4.69) is 4.98 Å². The Morgan fingerprint density at radius 3 is 2.84 bits per heavy atom. The van der Waals surface area contributed by atoms with Gasteiger partial charge >= 0.3 is 5.97 Å². The van der Waals surface area contributed by atoms with Crippen molar-refractivity contribution in [3.63, 3.8) is 0 Å². The maximum absolute atomic E-state index is 11.0. The summed E-state index contributed by atoms with van der Waals surface area (Å²) in [7, 11) is 0. The number of para-hydroxylation sites is 1. The molecule has 0 saturated carbocycles. The zero-order valence-electron chi connectivity index (χ0n) is 10.4. The van der Waals surface area contributed by atoms with E-state index >= 15 is 0 Å². The van der Waals surface area contributed by atoms with E-state index in [4.69, 9.17) is 15.6 Å². The average Bonchev–Trinajstić information content (AvgIpc) is 2.77. The Morgan fingerprint density at radius 2 is 2.21 bits per heavy atom. The fourth-order valence-electron chi connectivity index (χ4n) is 2.75. The number of carboxylic acids is 1. The molecular weight excluding hydrogens is 244 g/mol. The highest BCUT2D eigenvalue weighted by atomic mass is 16.5. The highest BCUT2D eigenvalue weighted by molar-refractivity contribution is 5.84. The number of aromatic nitrogens is 1. The lowest BCUT2D eigenvalue weighted by Crippen LogP contribution is -2.51. The summed E-state index contributed by atoms with van der Waals surface area (Å²) in [4.78, 5) is 14.2. The molecule has 1 aliphatic heterocycles. The Hall–Kier alpha value is -1.85. The molecule has 0 aliphatic carbocycles. The Bertz CT molecular complexity index is 616. The number of aliphatic carboxylic acids is 1. The summed E-state index contributed by atoms with van der Waals surface area (Å²) < 4.78 is 5.33. The van der Waals surface area contributed by atoms with E-state index in [-0.39, 0.29) is 5.41 Å². The second-order valence-corrected chi connectivity index (χ2v) is 5.17. The van der Waals surface area contributed by atoms with Gasteiger partial charge < -0.3 is 20.6 Å². The molecule has 100 valence electrons. The van der Waals surface area contributed by atoms with Crippen LogP contribution in [0.4, 0.5) is 0 Å². The Balaban J connectivity index is 2.00. The molecule has 0 amide bonds. The van der Waals surface area contributed by atoms with Crippen molar-refractivity contribution in [1.29, 1.82) is 0 Å². The largest absolute Gasteiger partial charge is 0.480 e. The van der Waals surface area contributed by atoms with Crippen molar-refractivity contribution in [3.8, 4) is 0 Å². The van der Waals surface area contributed by atoms with Crippen LogP contribution in [0.15, 0.2) is 30.5 Å². The zero-order valence-corrected chi connectivity index (χ0v) is 10.4. The minimum absolute atomic E-state index is 0.280. The molecule has 4 N–H and O–H groups in total. The van der Waals surface area contributed by atoms with Crippen molar-refractivity contribution in [3.05, 3.63) is 36.0 Å². The molecule has 2 heterocycles. The number of rotatable bonds is 4. The lowest BCUT2D eigenvalue weighted by atomic mass is 9.74. The number of ether oxygens (including phenoxy) is 1. The second kappa shape index (κ2) is 4.36. The molecule has 0 radical (unpaired) electrons. The fraction of sp³-hybridized carbons (Fsp3) is 0.357. The smallest absolute Gasteiger partial charge is 0.320 e. The van der Waals surface area contributed by atoms with Gasteiger partial charge in [0.05, 0.1) is 13.2 Å². The standard InChI is InChI=1S/C14H16N2O3/c15-11(13(17)18)5-14(7-19-8-14)10-6-16-12-4-2-1-3-9(10)12/h1-4,6,11,16H,5,7-8,15H2,(H,17,18). The lowest BCUT2D eigenvalue weighted by Gasteiger charge is -2.42. The molecular formula is C14H16N2O3. The van der Waals surface area contributed by atoms with E-state index < -0.39 is 12.0 Å². The Labute approximate surface area is 110 Å². The van der Waals surface area contributed by atoms with Crippen LogP contribution in [0.1, 0.15) is 12.0 Å². The van der Waals surface area contributed by atoms with Crippen LogP contribution in [0.3, 0.4) is 0 Å². The summed E-state index contributed by atoms with van der Waals surface area (Å²) in [6, 6.07) is 7.12. The minimum Gasteiger partial charge on any atom is -0.480 e. The molecule has 2 aromatic rings. The number of H-pyrrole nitrogens is 1. The van der Waals surface area contributed by atoms with E-state index in [9.17, 15) is 4.79 Å². The molecule has 3 rings (SSSR count). The van der Waals surface area contributed by atoms with Crippen molar-refractivity contribution in [2.45, 2.75) is 17.9 Å². The van der Waals surface area contributed by atoms with Gasteiger partial charge in [-0.05, 0) is 18.1 Å². The fourth-order valence-corrected chi connectivity index (χ4v) is 2.75. The van der Waals surface area contributed by atoms with Crippen molar-refractivity contribution >= 4 is 16.9 Å². The summed E-state index contributed by atoms with van der Waals surface area (Å²) in [5.74, 6) is -0.967. The normalized spacial score (nSPS) is 19.0. The van der Waals surface area contributed by atoms with Crippen LogP contribution in [0, 0.1) is 0 Å². The van der Waals surface area contributed by atoms with Gasteiger partial charge in [0.1, 0.15) is 6.04 Å². The number of carbonyl (C=O) groups is 1. The van der Waals surface area contributed by atoms with E-state index in [1.807, 2.05) is 30.5 Å². The highest BCUT2D eigenvalue weighted by Crippen LogP contribution is 2.40. The van der Waals surface area contributed by atoms with Crippen LogP contribution in [0.2, 0.25) is 0 Å². The first kappa shape index (κ1) is 12.2. The minimum atomic E-state index is -0.967. The van der Waals surface area contributed by atoms with Crippen molar-refractivity contribution in [2.24, 2.45) is 5.73 Å². The number of fused-ring (bicyclic) bond motifs is 1. The van der Waals surface area contributed by atoms with Crippen molar-refractivity contribution in [1.82, 2.24) is 4.98 Å². The molecule has 0 spiro atoms. The van der Waals surface area contributed by atoms with Gasteiger partial charge in [0, 0.05) is 22.5 Å². The molecule has 5 nitrogen and oxygen atoms in total. The van der Waals surface area contributed by atoms with Crippen molar-refractivity contribution < 1.29 is 14.6 Å². The molecule has 1 unspecified atom stereocenters. The number of carboxylic acid groups (broad SMARTS) is 1. The first-order chi connectivity index (χ1) is 9.12. The number of nitrogens with one attached hydrogen (secondary N) is 1. The van der Waals surface area contributed by atoms with Gasteiger partial charge in [0.15, 0.2) is 0 Å². The number of aromatic amines is 1. The summed E-state index contributed by atoms with van der Waals surface area (Å²) in [6.45, 7) is 1.05. The first-order valence-electron chi connectivity index (χ1n) is 6.25. The summed E-state index contributed by atoms with van der Waals surface area (Å²) in [5.41, 5.74) is 7.57. The third-order valence-corrected chi connectivity index (χ3v) is 3.85. The summed E-state index contributed by atoms with van der Waals surface area (Å²) in [5, 5.41) is 10.1. The molecule has 1 fully saturated rings. The molecule has 1 atom stereocenters. The molecule has 1 aromatic carbocycles. The van der Waals surface area contributed by atoms with Gasteiger partial charge in [0.25, 0.3) is 0 Å². The molecule has 1 saturated heterocycles. The Kier molecular flexibility index (Phi) is 2.80. The van der Waals surface area contributed by atoms with Crippen LogP contribution < -0.4 is 5.73 Å². The van der Waals surface area contributed by atoms with Gasteiger partial charge in [-0.1, -0.05) is 18.2 Å². The van der Waals surface area contributed by atoms with Gasteiger partial charge in [-0.25, -0.2) is 0 Å². The maximum atomic E-state index is 11.0. The topological polar surface area (TPSA) is 88.3 Å². The highest BCUT2D eigenvalue weighted by Gasteiger charge is 2.44. The van der Waals surface area contributed by atoms with E-state index in [1.165, 1.54) is 0 Å². The second-order valence-electron chi connectivity index (χ2n) is 5.17. The average molecular weight is 260 g/mol. The van der Waals surface area contributed by atoms with Crippen LogP contribution in [0.5, 0.6) is 0 Å². The van der Waals surface area contributed by atoms with Crippen LogP contribution in [0.25, 0.3) is 10.9 Å². The van der Waals surface area contributed by atoms with Gasteiger partial charge in [-0.3, -0.25) is 4.79 Å². The molecule has 19 heavy (non-hydrogen) atoms. The SMILES string of the molecule is NC(CC1(c2c[nH]c3ccccc23)COC1)C(=O)O. The van der Waals surface area contributed by atoms with E-state index in [0.717, 1.165) is 16.5 Å². The number of benzene rings is 1. The molecule has 1 aromatic heterocycles. The predicted molar refractivity (Wildman–Crippen MR) is 71.0 cm³/mol. The van der Waals surface area contributed by atoms with Gasteiger partial charge in [0.2, 0.25) is 0 Å². The molecule has 1 aliphatic rings. The monoisotopic (exact) mass is 260 g/mol.